The number of hydrogen-bond donors (Lipinski definition) is 3. The van der Waals surface area contributed by atoms with Gasteiger partial charge in [0.15, 0.2) is 0 Å². The smallest absolute Gasteiger partial charge is 0.253 e. The molecule has 0 saturated heterocycles. The first-order valence-corrected chi connectivity index (χ1v) is 6.36. The molecule has 1 unspecified atom stereocenters. The molecule has 0 aliphatic rings. The number of rotatable bonds is 5. The second kappa shape index (κ2) is 7.33. The lowest BCUT2D eigenvalue weighted by molar-refractivity contribution is -0.122. The molecule has 0 aliphatic carbocycles. The number of aliphatic hydroxyl groups excluding tert-OH is 1. The number of nitrogens with one attached hydrogen (secondary N) is 2. The molecular weight excluding hydrogens is 291 g/mol. The molecule has 1 aromatic carbocycles. The summed E-state index contributed by atoms with van der Waals surface area (Å²) in [7, 11) is 0. The van der Waals surface area contributed by atoms with Crippen molar-refractivity contribution in [2.75, 3.05) is 13.2 Å². The van der Waals surface area contributed by atoms with E-state index in [9.17, 15) is 9.59 Å². The molecule has 0 saturated carbocycles. The Morgan fingerprint density at radius 2 is 2.05 bits per heavy atom. The van der Waals surface area contributed by atoms with E-state index in [2.05, 4.69) is 10.6 Å². The van der Waals surface area contributed by atoms with Crippen LogP contribution in [0.2, 0.25) is 10.0 Å². The average Bonchev–Trinajstić information content (AvgIpc) is 2.38. The molecule has 0 radical (unpaired) electrons. The quantitative estimate of drug-likeness (QED) is 0.765. The van der Waals surface area contributed by atoms with E-state index in [1.54, 1.807) is 12.1 Å². The van der Waals surface area contributed by atoms with Crippen LogP contribution < -0.4 is 10.6 Å². The molecule has 0 fully saturated rings. The van der Waals surface area contributed by atoms with Crippen LogP contribution in [0.5, 0.6) is 0 Å². The van der Waals surface area contributed by atoms with Crippen LogP contribution in [0.1, 0.15) is 17.3 Å². The van der Waals surface area contributed by atoms with Crippen molar-refractivity contribution in [2.45, 2.75) is 13.0 Å². The van der Waals surface area contributed by atoms with E-state index in [1.807, 2.05) is 0 Å². The lowest BCUT2D eigenvalue weighted by Crippen LogP contribution is -2.45. The maximum absolute atomic E-state index is 11.9. The van der Waals surface area contributed by atoms with Gasteiger partial charge in [-0.3, -0.25) is 9.59 Å². The predicted molar refractivity (Wildman–Crippen MR) is 73.5 cm³/mol. The van der Waals surface area contributed by atoms with Gasteiger partial charge >= 0.3 is 0 Å². The number of carbonyl (C=O) groups is 2. The Balaban J connectivity index is 2.69. The molecule has 7 heteroatoms. The van der Waals surface area contributed by atoms with E-state index < -0.39 is 11.9 Å². The highest BCUT2D eigenvalue weighted by Crippen LogP contribution is 2.25. The van der Waals surface area contributed by atoms with Gasteiger partial charge in [0.25, 0.3) is 5.91 Å². The van der Waals surface area contributed by atoms with Crippen LogP contribution in [0.4, 0.5) is 0 Å². The minimum absolute atomic E-state index is 0.136. The largest absolute Gasteiger partial charge is 0.395 e. The first kappa shape index (κ1) is 15.8. The number of carbonyl (C=O) groups excluding carboxylic acids is 2. The molecule has 3 N–H and O–H groups in total. The van der Waals surface area contributed by atoms with Crippen molar-refractivity contribution in [3.63, 3.8) is 0 Å². The monoisotopic (exact) mass is 304 g/mol. The van der Waals surface area contributed by atoms with Gasteiger partial charge in [-0.15, -0.1) is 0 Å². The van der Waals surface area contributed by atoms with Crippen LogP contribution in [-0.2, 0) is 4.79 Å². The SMILES string of the molecule is CC(NC(=O)c1cccc(Cl)c1Cl)C(=O)NCCO. The lowest BCUT2D eigenvalue weighted by Gasteiger charge is -2.14. The van der Waals surface area contributed by atoms with E-state index in [1.165, 1.54) is 13.0 Å². The predicted octanol–water partition coefficient (Wildman–Crippen LogP) is 1.22. The molecule has 0 bridgehead atoms. The molecule has 1 atom stereocenters. The van der Waals surface area contributed by atoms with Crippen molar-refractivity contribution in [1.82, 2.24) is 10.6 Å². The molecular formula is C12H14Cl2N2O3. The minimum atomic E-state index is -0.742. The molecule has 0 spiro atoms. The molecule has 0 aromatic heterocycles. The molecule has 2 amide bonds. The van der Waals surface area contributed by atoms with Gasteiger partial charge in [-0.2, -0.15) is 0 Å². The van der Waals surface area contributed by atoms with Crippen molar-refractivity contribution in [2.24, 2.45) is 0 Å². The van der Waals surface area contributed by atoms with Crippen LogP contribution in [0.15, 0.2) is 18.2 Å². The second-order valence-corrected chi connectivity index (χ2v) is 4.60. The third-order valence-electron chi connectivity index (χ3n) is 2.35. The molecule has 1 rings (SSSR count). The van der Waals surface area contributed by atoms with E-state index >= 15 is 0 Å². The zero-order chi connectivity index (χ0) is 14.4. The summed E-state index contributed by atoms with van der Waals surface area (Å²) in [4.78, 5) is 23.4. The molecule has 1 aromatic rings. The number of halogens is 2. The number of hydrogen-bond acceptors (Lipinski definition) is 3. The van der Waals surface area contributed by atoms with Gasteiger partial charge in [-0.25, -0.2) is 0 Å². The second-order valence-electron chi connectivity index (χ2n) is 3.81. The molecule has 19 heavy (non-hydrogen) atoms. The zero-order valence-electron chi connectivity index (χ0n) is 10.2. The van der Waals surface area contributed by atoms with Gasteiger partial charge in [0.05, 0.1) is 22.2 Å². The Morgan fingerprint density at radius 3 is 2.68 bits per heavy atom. The van der Waals surface area contributed by atoms with E-state index in [0.29, 0.717) is 0 Å². The molecule has 0 heterocycles. The van der Waals surface area contributed by atoms with Crippen LogP contribution in [-0.4, -0.2) is 36.1 Å². The summed E-state index contributed by atoms with van der Waals surface area (Å²) >= 11 is 11.7. The third-order valence-corrected chi connectivity index (χ3v) is 3.17. The van der Waals surface area contributed by atoms with Crippen molar-refractivity contribution >= 4 is 35.0 Å². The Kier molecular flexibility index (Phi) is 6.08. The van der Waals surface area contributed by atoms with Crippen molar-refractivity contribution in [3.05, 3.63) is 33.8 Å². The fourth-order valence-corrected chi connectivity index (χ4v) is 1.74. The summed E-state index contributed by atoms with van der Waals surface area (Å²) in [6.45, 7) is 1.51. The van der Waals surface area contributed by atoms with Gasteiger partial charge in [-0.05, 0) is 19.1 Å². The Hall–Kier alpha value is -1.30. The Labute approximate surface area is 120 Å². The zero-order valence-corrected chi connectivity index (χ0v) is 11.8. The van der Waals surface area contributed by atoms with Crippen LogP contribution in [0, 0.1) is 0 Å². The fourth-order valence-electron chi connectivity index (χ4n) is 1.35. The summed E-state index contributed by atoms with van der Waals surface area (Å²) in [5.41, 5.74) is 0.205. The van der Waals surface area contributed by atoms with Crippen molar-refractivity contribution in [3.8, 4) is 0 Å². The summed E-state index contributed by atoms with van der Waals surface area (Å²) in [6, 6.07) is 3.94. The summed E-state index contributed by atoms with van der Waals surface area (Å²) in [5.74, 6) is -0.875. The van der Waals surface area contributed by atoms with E-state index in [4.69, 9.17) is 28.3 Å². The van der Waals surface area contributed by atoms with Crippen molar-refractivity contribution in [1.29, 1.82) is 0 Å². The number of aliphatic hydroxyl groups is 1. The summed E-state index contributed by atoms with van der Waals surface area (Å²) < 4.78 is 0. The topological polar surface area (TPSA) is 78.4 Å². The van der Waals surface area contributed by atoms with Crippen molar-refractivity contribution < 1.29 is 14.7 Å². The maximum Gasteiger partial charge on any atom is 0.253 e. The van der Waals surface area contributed by atoms with Gasteiger partial charge in [0.1, 0.15) is 6.04 Å². The van der Waals surface area contributed by atoms with Gasteiger partial charge in [0, 0.05) is 6.54 Å². The lowest BCUT2D eigenvalue weighted by atomic mass is 10.2. The summed E-state index contributed by atoms with van der Waals surface area (Å²) in [5, 5.41) is 14.0. The summed E-state index contributed by atoms with van der Waals surface area (Å²) in [6.07, 6.45) is 0. The van der Waals surface area contributed by atoms with Gasteiger partial charge < -0.3 is 15.7 Å². The highest BCUT2D eigenvalue weighted by molar-refractivity contribution is 6.43. The average molecular weight is 305 g/mol. The maximum atomic E-state index is 11.9. The molecule has 5 nitrogen and oxygen atoms in total. The minimum Gasteiger partial charge on any atom is -0.395 e. The molecule has 0 aliphatic heterocycles. The number of benzene rings is 1. The van der Waals surface area contributed by atoms with Gasteiger partial charge in [0.2, 0.25) is 5.91 Å². The van der Waals surface area contributed by atoms with E-state index in [-0.39, 0.29) is 34.7 Å². The highest BCUT2D eigenvalue weighted by Gasteiger charge is 2.18. The van der Waals surface area contributed by atoms with Gasteiger partial charge in [-0.1, -0.05) is 29.3 Å². The normalized spacial score (nSPS) is 11.8. The van der Waals surface area contributed by atoms with E-state index in [0.717, 1.165) is 0 Å². The van der Waals surface area contributed by atoms with Crippen LogP contribution in [0.25, 0.3) is 0 Å². The first-order valence-electron chi connectivity index (χ1n) is 5.60. The standard InChI is InChI=1S/C12H14Cl2N2O3/c1-7(11(18)15-5-6-17)16-12(19)8-3-2-4-9(13)10(8)14/h2-4,7,17H,5-6H2,1H3,(H,15,18)(H,16,19). The molecule has 104 valence electrons. The third kappa shape index (κ3) is 4.38. The first-order chi connectivity index (χ1) is 8.97. The van der Waals surface area contributed by atoms with Crippen LogP contribution in [0.3, 0.4) is 0 Å². The highest BCUT2D eigenvalue weighted by atomic mass is 35.5. The Morgan fingerprint density at radius 1 is 1.37 bits per heavy atom. The van der Waals surface area contributed by atoms with Crippen LogP contribution >= 0.6 is 23.2 Å². The Bertz CT molecular complexity index is 480. The fraction of sp³-hybridized carbons (Fsp3) is 0.333. The number of amides is 2.